The normalized spacial score (nSPS) is 14.2. The van der Waals surface area contributed by atoms with Crippen molar-refractivity contribution >= 4 is 11.5 Å². The van der Waals surface area contributed by atoms with E-state index in [1.54, 1.807) is 0 Å². The molecule has 5 heteroatoms. The molecule has 72 valence electrons. The summed E-state index contributed by atoms with van der Waals surface area (Å²) in [6.07, 6.45) is 0.719. The minimum Gasteiger partial charge on any atom is -0.294 e. The Kier molecular flexibility index (Phi) is 1.80. The van der Waals surface area contributed by atoms with Crippen LogP contribution < -0.4 is 0 Å². The van der Waals surface area contributed by atoms with E-state index in [0.29, 0.717) is 12.0 Å². The first-order valence-electron chi connectivity index (χ1n) is 4.10. The summed E-state index contributed by atoms with van der Waals surface area (Å²) in [7, 11) is 0. The number of carbonyl (C=O) groups excluding carboxylic acids is 1. The van der Waals surface area contributed by atoms with Crippen LogP contribution in [-0.2, 0) is 6.42 Å². The number of Topliss-reactive ketones (excluding diaryl/α,β-unsaturated/α-hetero) is 1. The number of fused-ring (bicyclic) bond motifs is 1. The van der Waals surface area contributed by atoms with E-state index in [-0.39, 0.29) is 17.8 Å². The Bertz CT molecular complexity index is 442. The van der Waals surface area contributed by atoms with Gasteiger partial charge < -0.3 is 0 Å². The lowest BCUT2D eigenvalue weighted by Crippen LogP contribution is -2.01. The van der Waals surface area contributed by atoms with Gasteiger partial charge in [-0.2, -0.15) is 4.39 Å². The summed E-state index contributed by atoms with van der Waals surface area (Å²) in [4.78, 5) is 20.8. The third-order valence-corrected chi connectivity index (χ3v) is 2.30. The minimum absolute atomic E-state index is 0.0980. The predicted octanol–water partition coefficient (Wildman–Crippen LogP) is 1.86. The molecule has 0 saturated carbocycles. The Morgan fingerprint density at radius 3 is 2.71 bits per heavy atom. The second kappa shape index (κ2) is 2.87. The van der Waals surface area contributed by atoms with E-state index in [1.807, 2.05) is 0 Å². The number of nitro groups is 1. The first-order chi connectivity index (χ1) is 6.61. The molecular weight excluding hydrogens is 189 g/mol. The van der Waals surface area contributed by atoms with Crippen molar-refractivity contribution in [2.45, 2.75) is 12.8 Å². The quantitative estimate of drug-likeness (QED) is 0.507. The van der Waals surface area contributed by atoms with Gasteiger partial charge in [0, 0.05) is 12.5 Å². The monoisotopic (exact) mass is 195 g/mol. The third-order valence-electron chi connectivity index (χ3n) is 2.30. The van der Waals surface area contributed by atoms with Gasteiger partial charge in [0.25, 0.3) is 0 Å². The van der Waals surface area contributed by atoms with E-state index in [0.717, 1.165) is 6.07 Å². The fourth-order valence-corrected chi connectivity index (χ4v) is 1.63. The predicted molar refractivity (Wildman–Crippen MR) is 45.7 cm³/mol. The maximum Gasteiger partial charge on any atom is 0.305 e. The highest BCUT2D eigenvalue weighted by atomic mass is 19.1. The highest BCUT2D eigenvalue weighted by Gasteiger charge is 2.29. The van der Waals surface area contributed by atoms with Crippen molar-refractivity contribution in [3.63, 3.8) is 0 Å². The molecule has 4 nitrogen and oxygen atoms in total. The van der Waals surface area contributed by atoms with Crippen LogP contribution >= 0.6 is 0 Å². The molecule has 0 unspecified atom stereocenters. The summed E-state index contributed by atoms with van der Waals surface area (Å²) in [5, 5.41) is 10.4. The molecule has 0 atom stereocenters. The lowest BCUT2D eigenvalue weighted by molar-refractivity contribution is -0.387. The van der Waals surface area contributed by atoms with Crippen LogP contribution in [0.2, 0.25) is 0 Å². The Morgan fingerprint density at radius 1 is 1.36 bits per heavy atom. The zero-order chi connectivity index (χ0) is 10.3. The van der Waals surface area contributed by atoms with Crippen LogP contribution in [0, 0.1) is 15.9 Å². The number of nitrogens with zero attached hydrogens (tertiary/aromatic N) is 1. The summed E-state index contributed by atoms with van der Waals surface area (Å²) < 4.78 is 13.4. The van der Waals surface area contributed by atoms with E-state index in [4.69, 9.17) is 0 Å². The van der Waals surface area contributed by atoms with Crippen molar-refractivity contribution < 1.29 is 14.1 Å². The van der Waals surface area contributed by atoms with Crippen LogP contribution in [0.3, 0.4) is 0 Å². The summed E-state index contributed by atoms with van der Waals surface area (Å²) in [6, 6.07) is 2.55. The van der Waals surface area contributed by atoms with Gasteiger partial charge in [-0.25, -0.2) is 0 Å². The fourth-order valence-electron chi connectivity index (χ4n) is 1.63. The lowest BCUT2D eigenvalue weighted by atomic mass is 10.1. The first-order valence-corrected chi connectivity index (χ1v) is 4.10. The summed E-state index contributed by atoms with van der Waals surface area (Å²) >= 11 is 0. The van der Waals surface area contributed by atoms with Crippen LogP contribution in [-0.4, -0.2) is 10.7 Å². The third kappa shape index (κ3) is 1.09. The van der Waals surface area contributed by atoms with Gasteiger partial charge in [0.1, 0.15) is 0 Å². The van der Waals surface area contributed by atoms with Crippen molar-refractivity contribution in [2.24, 2.45) is 0 Å². The summed E-state index contributed by atoms with van der Waals surface area (Å²) in [6.45, 7) is 0. The number of hydrogen-bond donors (Lipinski definition) is 0. The number of rotatable bonds is 1. The molecule has 0 saturated heterocycles. The Hall–Kier alpha value is -1.78. The molecule has 14 heavy (non-hydrogen) atoms. The number of nitro benzene ring substituents is 1. The highest BCUT2D eigenvalue weighted by molar-refractivity contribution is 6.01. The van der Waals surface area contributed by atoms with Gasteiger partial charge in [-0.1, -0.05) is 6.07 Å². The van der Waals surface area contributed by atoms with Crippen molar-refractivity contribution in [3.05, 3.63) is 39.2 Å². The van der Waals surface area contributed by atoms with Gasteiger partial charge in [0.15, 0.2) is 5.78 Å². The molecular formula is C9H6FNO3. The fraction of sp³-hybridized carbons (Fsp3) is 0.222. The topological polar surface area (TPSA) is 60.2 Å². The molecule has 1 aromatic rings. The van der Waals surface area contributed by atoms with E-state index in [9.17, 15) is 19.3 Å². The summed E-state index contributed by atoms with van der Waals surface area (Å²) in [5.41, 5.74) is -0.156. The standard InChI is InChI=1S/C9H6FNO3/c10-9-6(11(13)14)3-1-5-2-4-7(12)8(5)9/h1,3H,2,4H2. The number of benzene rings is 1. The molecule has 1 aromatic carbocycles. The van der Waals surface area contributed by atoms with Crippen LogP contribution in [0.1, 0.15) is 22.3 Å². The molecule has 0 heterocycles. The molecule has 0 fully saturated rings. The highest BCUT2D eigenvalue weighted by Crippen LogP contribution is 2.29. The maximum atomic E-state index is 13.4. The molecule has 0 amide bonds. The Balaban J connectivity index is 2.67. The van der Waals surface area contributed by atoms with E-state index < -0.39 is 16.4 Å². The number of hydrogen-bond acceptors (Lipinski definition) is 3. The van der Waals surface area contributed by atoms with Crippen molar-refractivity contribution in [1.82, 2.24) is 0 Å². The van der Waals surface area contributed by atoms with Gasteiger partial charge >= 0.3 is 5.69 Å². The average Bonchev–Trinajstić information content (AvgIpc) is 2.48. The van der Waals surface area contributed by atoms with Crippen molar-refractivity contribution in [2.75, 3.05) is 0 Å². The minimum atomic E-state index is -0.991. The molecule has 0 bridgehead atoms. The second-order valence-electron chi connectivity index (χ2n) is 3.11. The first kappa shape index (κ1) is 8.80. The van der Waals surface area contributed by atoms with E-state index in [1.165, 1.54) is 6.07 Å². The average molecular weight is 195 g/mol. The molecule has 0 spiro atoms. The zero-order valence-corrected chi connectivity index (χ0v) is 7.12. The second-order valence-corrected chi connectivity index (χ2v) is 3.11. The van der Waals surface area contributed by atoms with Crippen LogP contribution in [0.4, 0.5) is 10.1 Å². The summed E-state index contributed by atoms with van der Waals surface area (Å²) in [5.74, 6) is -1.34. The molecule has 0 aromatic heterocycles. The van der Waals surface area contributed by atoms with Gasteiger partial charge in [0.2, 0.25) is 5.82 Å². The molecule has 0 N–H and O–H groups in total. The van der Waals surface area contributed by atoms with Crippen LogP contribution in [0.5, 0.6) is 0 Å². The van der Waals surface area contributed by atoms with Crippen molar-refractivity contribution in [3.8, 4) is 0 Å². The van der Waals surface area contributed by atoms with Gasteiger partial charge in [-0.3, -0.25) is 14.9 Å². The van der Waals surface area contributed by atoms with E-state index in [2.05, 4.69) is 0 Å². The zero-order valence-electron chi connectivity index (χ0n) is 7.12. The number of ketones is 1. The molecule has 2 rings (SSSR count). The Labute approximate surface area is 78.5 Å². The number of carbonyl (C=O) groups is 1. The maximum absolute atomic E-state index is 13.4. The molecule has 0 aliphatic heterocycles. The SMILES string of the molecule is O=C1CCc2ccc([N+](=O)[O-])c(F)c21. The Morgan fingerprint density at radius 2 is 2.07 bits per heavy atom. The largest absolute Gasteiger partial charge is 0.305 e. The van der Waals surface area contributed by atoms with Gasteiger partial charge in [-0.05, 0) is 12.0 Å². The number of halogens is 1. The van der Waals surface area contributed by atoms with Crippen LogP contribution in [0.25, 0.3) is 0 Å². The van der Waals surface area contributed by atoms with Crippen LogP contribution in [0.15, 0.2) is 12.1 Å². The lowest BCUT2D eigenvalue weighted by Gasteiger charge is -1.99. The molecule has 1 aliphatic rings. The molecule has 1 aliphatic carbocycles. The smallest absolute Gasteiger partial charge is 0.294 e. The molecule has 0 radical (unpaired) electrons. The van der Waals surface area contributed by atoms with Gasteiger partial charge in [-0.15, -0.1) is 0 Å². The van der Waals surface area contributed by atoms with E-state index >= 15 is 0 Å². The van der Waals surface area contributed by atoms with Gasteiger partial charge in [0.05, 0.1) is 10.5 Å². The number of aryl methyl sites for hydroxylation is 1. The van der Waals surface area contributed by atoms with Crippen molar-refractivity contribution in [1.29, 1.82) is 0 Å².